The van der Waals surface area contributed by atoms with E-state index >= 15 is 0 Å². The molecule has 0 aliphatic carbocycles. The Morgan fingerprint density at radius 3 is 2.54 bits per heavy atom. The Morgan fingerprint density at radius 1 is 1.08 bits per heavy atom. The van der Waals surface area contributed by atoms with Gasteiger partial charge in [-0.05, 0) is 42.3 Å². The molecule has 0 atom stereocenters. The summed E-state index contributed by atoms with van der Waals surface area (Å²) in [6.45, 7) is 0.528. The van der Waals surface area contributed by atoms with Crippen molar-refractivity contribution in [1.82, 2.24) is 15.1 Å². The van der Waals surface area contributed by atoms with Gasteiger partial charge in [-0.3, -0.25) is 4.79 Å². The van der Waals surface area contributed by atoms with E-state index in [4.69, 9.17) is 9.47 Å². The lowest BCUT2D eigenvalue weighted by atomic mass is 10.1. The number of hydrogen-bond donors (Lipinski definition) is 1. The third kappa shape index (κ3) is 3.85. The van der Waals surface area contributed by atoms with Crippen LogP contribution in [0.15, 0.2) is 60.9 Å². The molecule has 0 saturated heterocycles. The molecule has 1 amide bonds. The van der Waals surface area contributed by atoms with Gasteiger partial charge in [0.05, 0.1) is 25.5 Å². The fraction of sp³-hybridized carbons (Fsp3) is 0.200. The lowest BCUT2D eigenvalue weighted by molar-refractivity contribution is 0.0950. The first kappa shape index (κ1) is 17.5. The highest BCUT2D eigenvalue weighted by molar-refractivity contribution is 5.97. The maximum atomic E-state index is 12.4. The van der Waals surface area contributed by atoms with E-state index in [1.165, 1.54) is 7.11 Å². The minimum atomic E-state index is -0.186. The quantitative estimate of drug-likeness (QED) is 0.711. The van der Waals surface area contributed by atoms with Gasteiger partial charge in [-0.15, -0.1) is 0 Å². The van der Waals surface area contributed by atoms with E-state index in [2.05, 4.69) is 10.4 Å². The second-order valence-electron chi connectivity index (χ2n) is 5.66. The van der Waals surface area contributed by atoms with Crippen molar-refractivity contribution in [2.45, 2.75) is 6.42 Å². The molecule has 1 aromatic heterocycles. The normalized spacial score (nSPS) is 10.4. The molecule has 6 nitrogen and oxygen atoms in total. The molecule has 2 aromatic carbocycles. The number of carbonyl (C=O) groups is 1. The molecular weight excluding hydrogens is 330 g/mol. The number of nitrogens with one attached hydrogen (secondary N) is 1. The fourth-order valence-electron chi connectivity index (χ4n) is 2.72. The molecule has 0 aliphatic rings. The van der Waals surface area contributed by atoms with Crippen LogP contribution in [-0.2, 0) is 6.42 Å². The van der Waals surface area contributed by atoms with E-state index < -0.39 is 0 Å². The van der Waals surface area contributed by atoms with Gasteiger partial charge >= 0.3 is 0 Å². The van der Waals surface area contributed by atoms with Crippen LogP contribution in [0.2, 0.25) is 0 Å². The van der Waals surface area contributed by atoms with E-state index in [0.29, 0.717) is 23.6 Å². The molecule has 0 radical (unpaired) electrons. The summed E-state index contributed by atoms with van der Waals surface area (Å²) in [4.78, 5) is 12.4. The Morgan fingerprint density at radius 2 is 1.88 bits per heavy atom. The molecule has 3 aromatic rings. The number of carbonyl (C=O) groups excluding carboxylic acids is 1. The molecular formula is C20H21N3O3. The second kappa shape index (κ2) is 8.20. The van der Waals surface area contributed by atoms with E-state index in [9.17, 15) is 4.79 Å². The third-order valence-corrected chi connectivity index (χ3v) is 4.05. The number of hydrogen-bond acceptors (Lipinski definition) is 4. The average molecular weight is 351 g/mol. The number of nitrogens with zero attached hydrogens (tertiary/aromatic N) is 2. The lowest BCUT2D eigenvalue weighted by Crippen LogP contribution is -2.26. The number of benzene rings is 2. The van der Waals surface area contributed by atoms with Crippen molar-refractivity contribution in [2.24, 2.45) is 0 Å². The molecule has 0 aliphatic heterocycles. The summed E-state index contributed by atoms with van der Waals surface area (Å²) in [5.41, 5.74) is 2.60. The number of methoxy groups -OCH3 is 2. The zero-order valence-corrected chi connectivity index (χ0v) is 14.8. The van der Waals surface area contributed by atoms with E-state index in [0.717, 1.165) is 17.7 Å². The van der Waals surface area contributed by atoms with Crippen molar-refractivity contribution in [2.75, 3.05) is 20.8 Å². The van der Waals surface area contributed by atoms with Crippen molar-refractivity contribution in [3.05, 3.63) is 72.1 Å². The fourth-order valence-corrected chi connectivity index (χ4v) is 2.72. The van der Waals surface area contributed by atoms with Crippen LogP contribution in [0.1, 0.15) is 15.9 Å². The van der Waals surface area contributed by atoms with E-state index in [-0.39, 0.29) is 5.91 Å². The van der Waals surface area contributed by atoms with Crippen molar-refractivity contribution in [1.29, 1.82) is 0 Å². The van der Waals surface area contributed by atoms with Crippen LogP contribution in [-0.4, -0.2) is 36.5 Å². The summed E-state index contributed by atoms with van der Waals surface area (Å²) < 4.78 is 12.3. The van der Waals surface area contributed by atoms with Gasteiger partial charge in [0, 0.05) is 18.9 Å². The predicted octanol–water partition coefficient (Wildman–Crippen LogP) is 2.86. The Balaban J connectivity index is 1.59. The highest BCUT2D eigenvalue weighted by Crippen LogP contribution is 2.30. The summed E-state index contributed by atoms with van der Waals surface area (Å²) in [7, 11) is 3.07. The molecule has 0 spiro atoms. The maximum absolute atomic E-state index is 12.4. The van der Waals surface area contributed by atoms with Crippen molar-refractivity contribution in [3.8, 4) is 17.2 Å². The first-order valence-electron chi connectivity index (χ1n) is 8.31. The number of ether oxygens (including phenoxy) is 2. The molecule has 0 saturated carbocycles. The highest BCUT2D eigenvalue weighted by atomic mass is 16.5. The molecule has 26 heavy (non-hydrogen) atoms. The van der Waals surface area contributed by atoms with Gasteiger partial charge in [0.2, 0.25) is 0 Å². The van der Waals surface area contributed by atoms with Crippen LogP contribution >= 0.6 is 0 Å². The molecule has 134 valence electrons. The van der Waals surface area contributed by atoms with Gasteiger partial charge < -0.3 is 14.8 Å². The van der Waals surface area contributed by atoms with E-state index in [1.54, 1.807) is 36.2 Å². The smallest absolute Gasteiger partial charge is 0.255 e. The molecule has 0 fully saturated rings. The van der Waals surface area contributed by atoms with Crippen LogP contribution in [0.4, 0.5) is 0 Å². The van der Waals surface area contributed by atoms with Crippen LogP contribution in [0.25, 0.3) is 5.69 Å². The minimum Gasteiger partial charge on any atom is -0.493 e. The maximum Gasteiger partial charge on any atom is 0.255 e. The summed E-state index contributed by atoms with van der Waals surface area (Å²) in [6.07, 6.45) is 4.38. The number of aromatic nitrogens is 2. The zero-order valence-electron chi connectivity index (χ0n) is 14.8. The van der Waals surface area contributed by atoms with Gasteiger partial charge in [-0.25, -0.2) is 4.68 Å². The Kier molecular flexibility index (Phi) is 5.53. The SMILES string of the molecule is COc1cccc(C(=O)NCCc2ccc(-n3cccn3)cc2)c1OC. The first-order chi connectivity index (χ1) is 12.7. The Bertz CT molecular complexity index is 859. The lowest BCUT2D eigenvalue weighted by Gasteiger charge is -2.12. The molecule has 1 N–H and O–H groups in total. The number of rotatable bonds is 7. The summed E-state index contributed by atoms with van der Waals surface area (Å²) in [6, 6.07) is 15.2. The molecule has 0 unspecified atom stereocenters. The Hall–Kier alpha value is -3.28. The standard InChI is InChI=1S/C20H21N3O3/c1-25-18-6-3-5-17(19(18)26-2)20(24)21-13-11-15-7-9-16(10-8-15)23-14-4-12-22-23/h3-10,12,14H,11,13H2,1-2H3,(H,21,24). The Labute approximate surface area is 152 Å². The van der Waals surface area contributed by atoms with Gasteiger partial charge in [0.25, 0.3) is 5.91 Å². The van der Waals surface area contributed by atoms with Crippen LogP contribution in [0.5, 0.6) is 11.5 Å². The largest absolute Gasteiger partial charge is 0.493 e. The van der Waals surface area contributed by atoms with Gasteiger partial charge in [-0.1, -0.05) is 18.2 Å². The summed E-state index contributed by atoms with van der Waals surface area (Å²) >= 11 is 0. The summed E-state index contributed by atoms with van der Waals surface area (Å²) in [5, 5.41) is 7.13. The predicted molar refractivity (Wildman–Crippen MR) is 99.1 cm³/mol. The molecule has 6 heteroatoms. The molecule has 0 bridgehead atoms. The first-order valence-corrected chi connectivity index (χ1v) is 8.31. The van der Waals surface area contributed by atoms with E-state index in [1.807, 2.05) is 36.5 Å². The van der Waals surface area contributed by atoms with Crippen LogP contribution < -0.4 is 14.8 Å². The number of para-hydroxylation sites is 1. The third-order valence-electron chi connectivity index (χ3n) is 4.05. The molecule has 3 rings (SSSR count). The van der Waals surface area contributed by atoms with Crippen molar-refractivity contribution < 1.29 is 14.3 Å². The van der Waals surface area contributed by atoms with Crippen LogP contribution in [0.3, 0.4) is 0 Å². The second-order valence-corrected chi connectivity index (χ2v) is 5.66. The molecule has 1 heterocycles. The highest BCUT2D eigenvalue weighted by Gasteiger charge is 2.15. The number of amides is 1. The van der Waals surface area contributed by atoms with Gasteiger partial charge in [0.1, 0.15) is 0 Å². The summed E-state index contributed by atoms with van der Waals surface area (Å²) in [5.74, 6) is 0.791. The van der Waals surface area contributed by atoms with Crippen molar-refractivity contribution >= 4 is 5.91 Å². The zero-order chi connectivity index (χ0) is 18.4. The van der Waals surface area contributed by atoms with Crippen molar-refractivity contribution in [3.63, 3.8) is 0 Å². The average Bonchev–Trinajstić information content (AvgIpc) is 3.22. The topological polar surface area (TPSA) is 65.4 Å². The minimum absolute atomic E-state index is 0.186. The van der Waals surface area contributed by atoms with Gasteiger partial charge in [0.15, 0.2) is 11.5 Å². The van der Waals surface area contributed by atoms with Gasteiger partial charge in [-0.2, -0.15) is 5.10 Å². The monoisotopic (exact) mass is 351 g/mol. The van der Waals surface area contributed by atoms with Crippen LogP contribution in [0, 0.1) is 0 Å².